The van der Waals surface area contributed by atoms with E-state index in [0.29, 0.717) is 23.4 Å². The van der Waals surface area contributed by atoms with Gasteiger partial charge in [-0.05, 0) is 25.7 Å². The van der Waals surface area contributed by atoms with Crippen LogP contribution in [-0.2, 0) is 9.59 Å². The van der Waals surface area contributed by atoms with E-state index in [-0.39, 0.29) is 17.5 Å². The lowest BCUT2D eigenvalue weighted by Gasteiger charge is -2.26. The smallest absolute Gasteiger partial charge is 0.170 e. The minimum atomic E-state index is -0.0434. The van der Waals surface area contributed by atoms with E-state index >= 15 is 0 Å². The number of carbonyl (C=O) groups excluding carboxylic acids is 2. The number of carbonyl (C=O) groups is 2. The van der Waals surface area contributed by atoms with Gasteiger partial charge in [0.15, 0.2) is 11.6 Å². The second kappa shape index (κ2) is 3.85. The van der Waals surface area contributed by atoms with Gasteiger partial charge in [0, 0.05) is 17.4 Å². The highest BCUT2D eigenvalue weighted by Gasteiger charge is 2.33. The van der Waals surface area contributed by atoms with Crippen LogP contribution in [0.25, 0.3) is 0 Å². The van der Waals surface area contributed by atoms with Gasteiger partial charge in [0.25, 0.3) is 0 Å². The Labute approximate surface area is 88.3 Å². The second-order valence-electron chi connectivity index (χ2n) is 4.05. The van der Waals surface area contributed by atoms with Gasteiger partial charge >= 0.3 is 0 Å². The van der Waals surface area contributed by atoms with Crippen LogP contribution < -0.4 is 0 Å². The fraction of sp³-hybridized carbons (Fsp3) is 0.636. The van der Waals surface area contributed by atoms with Gasteiger partial charge in [-0.1, -0.05) is 18.0 Å². The van der Waals surface area contributed by atoms with Gasteiger partial charge in [-0.15, -0.1) is 0 Å². The zero-order valence-electron chi connectivity index (χ0n) is 8.01. The van der Waals surface area contributed by atoms with E-state index < -0.39 is 0 Å². The Morgan fingerprint density at radius 1 is 1.21 bits per heavy atom. The summed E-state index contributed by atoms with van der Waals surface area (Å²) in [5, 5.41) is 0.498. The molecule has 14 heavy (non-hydrogen) atoms. The van der Waals surface area contributed by atoms with Gasteiger partial charge in [-0.3, -0.25) is 9.59 Å². The third kappa shape index (κ3) is 1.63. The maximum absolute atomic E-state index is 11.8. The lowest BCUT2D eigenvalue weighted by atomic mass is 9.77. The van der Waals surface area contributed by atoms with Gasteiger partial charge in [0.1, 0.15) is 0 Å². The summed E-state index contributed by atoms with van der Waals surface area (Å²) in [5.41, 5.74) is 0.322. The van der Waals surface area contributed by atoms with Crippen molar-refractivity contribution in [3.63, 3.8) is 0 Å². The van der Waals surface area contributed by atoms with Crippen molar-refractivity contribution in [2.24, 2.45) is 5.92 Å². The zero-order valence-corrected chi connectivity index (χ0v) is 8.77. The van der Waals surface area contributed by atoms with E-state index in [1.54, 1.807) is 0 Å². The number of hydrogen-bond acceptors (Lipinski definition) is 2. The van der Waals surface area contributed by atoms with E-state index in [4.69, 9.17) is 11.6 Å². The molecule has 0 saturated heterocycles. The largest absolute Gasteiger partial charge is 0.294 e. The molecule has 0 N–H and O–H groups in total. The summed E-state index contributed by atoms with van der Waals surface area (Å²) in [5.74, 6) is 0.0462. The van der Waals surface area contributed by atoms with Crippen LogP contribution in [0.15, 0.2) is 10.6 Å². The monoisotopic (exact) mass is 212 g/mol. The first-order valence-electron chi connectivity index (χ1n) is 5.16. The topological polar surface area (TPSA) is 34.1 Å². The van der Waals surface area contributed by atoms with Crippen molar-refractivity contribution in [3.8, 4) is 0 Å². The zero-order chi connectivity index (χ0) is 10.1. The Morgan fingerprint density at radius 3 is 2.43 bits per heavy atom. The molecule has 76 valence electrons. The van der Waals surface area contributed by atoms with Crippen molar-refractivity contribution in [2.75, 3.05) is 0 Å². The average Bonchev–Trinajstić information content (AvgIpc) is 2.00. The van der Waals surface area contributed by atoms with Crippen LogP contribution in [0.4, 0.5) is 0 Å². The van der Waals surface area contributed by atoms with Crippen LogP contribution in [0.3, 0.4) is 0 Å². The van der Waals surface area contributed by atoms with Crippen LogP contribution >= 0.6 is 11.6 Å². The minimum absolute atomic E-state index is 0.00551. The minimum Gasteiger partial charge on any atom is -0.294 e. The third-order valence-corrected chi connectivity index (χ3v) is 3.45. The molecule has 0 spiro atoms. The van der Waals surface area contributed by atoms with Crippen molar-refractivity contribution < 1.29 is 9.59 Å². The van der Waals surface area contributed by atoms with Crippen molar-refractivity contribution in [2.45, 2.75) is 38.5 Å². The summed E-state index contributed by atoms with van der Waals surface area (Å²) in [6.45, 7) is 0. The molecule has 0 radical (unpaired) electrons. The molecule has 0 heterocycles. The summed E-state index contributed by atoms with van der Waals surface area (Å²) < 4.78 is 0. The second-order valence-corrected chi connectivity index (χ2v) is 4.50. The van der Waals surface area contributed by atoms with Gasteiger partial charge in [-0.2, -0.15) is 0 Å². The van der Waals surface area contributed by atoms with Crippen LogP contribution in [0.2, 0.25) is 0 Å². The van der Waals surface area contributed by atoms with Gasteiger partial charge in [0.2, 0.25) is 0 Å². The molecule has 0 aromatic carbocycles. The summed E-state index contributed by atoms with van der Waals surface area (Å²) >= 11 is 5.94. The molecule has 0 aromatic heterocycles. The summed E-state index contributed by atoms with van der Waals surface area (Å²) in [6, 6.07) is 0. The van der Waals surface area contributed by atoms with Crippen LogP contribution in [0.5, 0.6) is 0 Å². The maximum Gasteiger partial charge on any atom is 0.170 e. The molecule has 2 aliphatic carbocycles. The Hall–Kier alpha value is -0.630. The number of hydrogen-bond donors (Lipinski definition) is 0. The Bertz CT molecular complexity index is 313. The van der Waals surface area contributed by atoms with E-state index in [9.17, 15) is 9.59 Å². The van der Waals surface area contributed by atoms with Gasteiger partial charge < -0.3 is 0 Å². The molecule has 3 heteroatoms. The average molecular weight is 213 g/mol. The fourth-order valence-corrected chi connectivity index (χ4v) is 2.28. The summed E-state index contributed by atoms with van der Waals surface area (Å²) in [7, 11) is 0. The highest BCUT2D eigenvalue weighted by Crippen LogP contribution is 2.34. The first-order chi connectivity index (χ1) is 6.70. The maximum atomic E-state index is 11.8. The Morgan fingerprint density at radius 2 is 1.93 bits per heavy atom. The predicted octanol–water partition coefficient (Wildman–Crippen LogP) is 2.60. The van der Waals surface area contributed by atoms with Crippen molar-refractivity contribution in [1.82, 2.24) is 0 Å². The molecule has 0 aliphatic heterocycles. The number of Topliss-reactive ketones (excluding diaryl/α,β-unsaturated/α-hetero) is 2. The molecule has 0 atom stereocenters. The van der Waals surface area contributed by atoms with Crippen LogP contribution in [0, 0.1) is 5.92 Å². The molecule has 1 saturated carbocycles. The summed E-state index contributed by atoms with van der Waals surface area (Å²) in [6.07, 6.45) is 4.94. The molecular formula is C11H13ClO2. The lowest BCUT2D eigenvalue weighted by Crippen LogP contribution is -2.28. The molecule has 0 bridgehead atoms. The number of ketones is 2. The lowest BCUT2D eigenvalue weighted by molar-refractivity contribution is -0.125. The van der Waals surface area contributed by atoms with E-state index in [0.717, 1.165) is 25.7 Å². The molecule has 2 nitrogen and oxygen atoms in total. The number of halogens is 1. The normalized spacial score (nSPS) is 23.6. The SMILES string of the molecule is O=C1CCCC(Cl)=C1C(=O)C1CCC1. The van der Waals surface area contributed by atoms with Crippen LogP contribution in [-0.4, -0.2) is 11.6 Å². The highest BCUT2D eigenvalue weighted by molar-refractivity contribution is 6.37. The first-order valence-corrected chi connectivity index (χ1v) is 5.54. The number of allylic oxidation sites excluding steroid dienone is 2. The Balaban J connectivity index is 2.21. The van der Waals surface area contributed by atoms with E-state index in [1.165, 1.54) is 0 Å². The molecule has 0 amide bonds. The van der Waals surface area contributed by atoms with Crippen molar-refractivity contribution in [1.29, 1.82) is 0 Å². The van der Waals surface area contributed by atoms with Crippen LogP contribution in [0.1, 0.15) is 38.5 Å². The standard InChI is InChI=1S/C11H13ClO2/c12-8-5-2-6-9(13)10(8)11(14)7-3-1-4-7/h7H,1-6H2. The quantitative estimate of drug-likeness (QED) is 0.660. The van der Waals surface area contributed by atoms with Crippen molar-refractivity contribution >= 4 is 23.2 Å². The summed E-state index contributed by atoms with van der Waals surface area (Å²) in [4.78, 5) is 23.4. The molecule has 0 unspecified atom stereocenters. The molecule has 0 aromatic rings. The van der Waals surface area contributed by atoms with E-state index in [1.807, 2.05) is 0 Å². The van der Waals surface area contributed by atoms with Gasteiger partial charge in [-0.25, -0.2) is 0 Å². The molecule has 1 fully saturated rings. The molecular weight excluding hydrogens is 200 g/mol. The first kappa shape index (κ1) is 9.91. The molecule has 2 rings (SSSR count). The molecule has 2 aliphatic rings. The third-order valence-electron chi connectivity index (χ3n) is 3.07. The Kier molecular flexibility index (Phi) is 2.73. The van der Waals surface area contributed by atoms with Gasteiger partial charge in [0.05, 0.1) is 5.57 Å². The highest BCUT2D eigenvalue weighted by atomic mass is 35.5. The van der Waals surface area contributed by atoms with E-state index in [2.05, 4.69) is 0 Å². The predicted molar refractivity (Wildman–Crippen MR) is 54.1 cm³/mol. The van der Waals surface area contributed by atoms with Crippen molar-refractivity contribution in [3.05, 3.63) is 10.6 Å². The fourth-order valence-electron chi connectivity index (χ4n) is 1.95. The number of rotatable bonds is 2.